The van der Waals surface area contributed by atoms with Crippen LogP contribution in [0.15, 0.2) is 42.5 Å². The van der Waals surface area contributed by atoms with Crippen molar-refractivity contribution in [2.45, 2.75) is 13.3 Å². The Balaban J connectivity index is 2.50. The lowest BCUT2D eigenvalue weighted by atomic mass is 10.0. The number of benzene rings is 2. The summed E-state index contributed by atoms with van der Waals surface area (Å²) in [6.45, 7) is 2.09. The molecule has 0 fully saturated rings. The zero-order valence-electron chi connectivity index (χ0n) is 9.14. The minimum absolute atomic E-state index is 0.101. The summed E-state index contributed by atoms with van der Waals surface area (Å²) in [5.74, 6) is 0.202. The van der Waals surface area contributed by atoms with Crippen LogP contribution < -0.4 is 0 Å². The number of rotatable bonds is 2. The molecule has 2 aromatic carbocycles. The Hall–Kier alpha value is -1.96. The standard InChI is InChI=1S/C14H14O2/c1-2-10-6-8-11(9-7-10)14-12(15)4-3-5-13(14)16/h3-9,15-16H,2H2,1H3. The van der Waals surface area contributed by atoms with Gasteiger partial charge >= 0.3 is 0 Å². The quantitative estimate of drug-likeness (QED) is 0.805. The highest BCUT2D eigenvalue weighted by Crippen LogP contribution is 2.36. The Morgan fingerprint density at radius 2 is 1.44 bits per heavy atom. The molecule has 0 heterocycles. The molecule has 0 saturated carbocycles. The van der Waals surface area contributed by atoms with Gasteiger partial charge < -0.3 is 10.2 Å². The van der Waals surface area contributed by atoms with Crippen molar-refractivity contribution < 1.29 is 10.2 Å². The molecule has 2 N–H and O–H groups in total. The lowest BCUT2D eigenvalue weighted by molar-refractivity contribution is 0.454. The van der Waals surface area contributed by atoms with Crippen LogP contribution in [0, 0.1) is 0 Å². The smallest absolute Gasteiger partial charge is 0.127 e. The maximum absolute atomic E-state index is 9.71. The lowest BCUT2D eigenvalue weighted by Crippen LogP contribution is -1.83. The number of aryl methyl sites for hydroxylation is 1. The van der Waals surface area contributed by atoms with Gasteiger partial charge in [0.25, 0.3) is 0 Å². The minimum Gasteiger partial charge on any atom is -0.507 e. The fourth-order valence-electron chi connectivity index (χ4n) is 1.73. The van der Waals surface area contributed by atoms with E-state index in [-0.39, 0.29) is 11.5 Å². The third kappa shape index (κ3) is 1.87. The molecule has 0 aliphatic carbocycles. The molecule has 2 nitrogen and oxygen atoms in total. The average molecular weight is 214 g/mol. The second kappa shape index (κ2) is 4.27. The third-order valence-corrected chi connectivity index (χ3v) is 2.67. The predicted molar refractivity (Wildman–Crippen MR) is 64.6 cm³/mol. The van der Waals surface area contributed by atoms with Crippen LogP contribution >= 0.6 is 0 Å². The number of aromatic hydroxyl groups is 2. The Kier molecular flexibility index (Phi) is 2.82. The highest BCUT2D eigenvalue weighted by molar-refractivity contribution is 5.76. The molecule has 0 unspecified atom stereocenters. The number of hydrogen-bond donors (Lipinski definition) is 2. The summed E-state index contributed by atoms with van der Waals surface area (Å²) >= 11 is 0. The lowest BCUT2D eigenvalue weighted by Gasteiger charge is -2.07. The van der Waals surface area contributed by atoms with Crippen LogP contribution in [0.4, 0.5) is 0 Å². The molecule has 0 aromatic heterocycles. The molecule has 2 aromatic rings. The fourth-order valence-corrected chi connectivity index (χ4v) is 1.73. The molecular formula is C14H14O2. The minimum atomic E-state index is 0.101. The molecule has 2 heteroatoms. The Morgan fingerprint density at radius 1 is 0.875 bits per heavy atom. The largest absolute Gasteiger partial charge is 0.507 e. The van der Waals surface area contributed by atoms with Crippen molar-refractivity contribution in [2.75, 3.05) is 0 Å². The van der Waals surface area contributed by atoms with Crippen LogP contribution in [0.3, 0.4) is 0 Å². The van der Waals surface area contributed by atoms with Crippen molar-refractivity contribution in [2.24, 2.45) is 0 Å². The van der Waals surface area contributed by atoms with E-state index in [4.69, 9.17) is 0 Å². The molecule has 16 heavy (non-hydrogen) atoms. The zero-order chi connectivity index (χ0) is 11.5. The molecular weight excluding hydrogens is 200 g/mol. The SMILES string of the molecule is CCc1ccc(-c2c(O)cccc2O)cc1. The van der Waals surface area contributed by atoms with E-state index in [1.165, 1.54) is 5.56 Å². The van der Waals surface area contributed by atoms with Crippen molar-refractivity contribution in [3.63, 3.8) is 0 Å². The summed E-state index contributed by atoms with van der Waals surface area (Å²) in [4.78, 5) is 0. The second-order valence-corrected chi connectivity index (χ2v) is 3.72. The topological polar surface area (TPSA) is 40.5 Å². The normalized spacial score (nSPS) is 10.3. The molecule has 0 saturated heterocycles. The first kappa shape index (κ1) is 10.6. The van der Waals surface area contributed by atoms with Gasteiger partial charge in [-0.25, -0.2) is 0 Å². The van der Waals surface area contributed by atoms with E-state index < -0.39 is 0 Å². The molecule has 2 rings (SSSR count). The Labute approximate surface area is 94.8 Å². The van der Waals surface area contributed by atoms with Gasteiger partial charge in [-0.05, 0) is 29.7 Å². The summed E-state index contributed by atoms with van der Waals surface area (Å²) in [6, 6.07) is 12.6. The van der Waals surface area contributed by atoms with E-state index in [1.807, 2.05) is 24.3 Å². The van der Waals surface area contributed by atoms with E-state index in [0.29, 0.717) is 5.56 Å². The number of phenolic OH excluding ortho intramolecular Hbond substituents is 2. The van der Waals surface area contributed by atoms with Gasteiger partial charge in [0.1, 0.15) is 11.5 Å². The van der Waals surface area contributed by atoms with Gasteiger partial charge in [-0.2, -0.15) is 0 Å². The van der Waals surface area contributed by atoms with Crippen LogP contribution in [-0.4, -0.2) is 10.2 Å². The van der Waals surface area contributed by atoms with Gasteiger partial charge in [0, 0.05) is 0 Å². The Morgan fingerprint density at radius 3 is 1.94 bits per heavy atom. The van der Waals surface area contributed by atoms with Crippen molar-refractivity contribution in [1.82, 2.24) is 0 Å². The van der Waals surface area contributed by atoms with Crippen LogP contribution in [0.5, 0.6) is 11.5 Å². The summed E-state index contributed by atoms with van der Waals surface area (Å²) in [5.41, 5.74) is 2.55. The third-order valence-electron chi connectivity index (χ3n) is 2.67. The monoisotopic (exact) mass is 214 g/mol. The van der Waals surface area contributed by atoms with Crippen LogP contribution in [-0.2, 0) is 6.42 Å². The second-order valence-electron chi connectivity index (χ2n) is 3.72. The van der Waals surface area contributed by atoms with E-state index in [2.05, 4.69) is 6.92 Å². The number of hydrogen-bond acceptors (Lipinski definition) is 2. The van der Waals surface area contributed by atoms with Gasteiger partial charge in [0.15, 0.2) is 0 Å². The number of phenols is 2. The van der Waals surface area contributed by atoms with Gasteiger partial charge in [-0.15, -0.1) is 0 Å². The summed E-state index contributed by atoms with van der Waals surface area (Å²) in [6.07, 6.45) is 0.979. The molecule has 0 radical (unpaired) electrons. The highest BCUT2D eigenvalue weighted by atomic mass is 16.3. The molecule has 0 atom stereocenters. The maximum Gasteiger partial charge on any atom is 0.127 e. The van der Waals surface area contributed by atoms with Crippen molar-refractivity contribution >= 4 is 0 Å². The fraction of sp³-hybridized carbons (Fsp3) is 0.143. The van der Waals surface area contributed by atoms with Crippen molar-refractivity contribution in [3.05, 3.63) is 48.0 Å². The van der Waals surface area contributed by atoms with Crippen molar-refractivity contribution in [1.29, 1.82) is 0 Å². The van der Waals surface area contributed by atoms with Crippen LogP contribution in [0.2, 0.25) is 0 Å². The van der Waals surface area contributed by atoms with E-state index >= 15 is 0 Å². The maximum atomic E-state index is 9.71. The predicted octanol–water partition coefficient (Wildman–Crippen LogP) is 3.33. The molecule has 0 amide bonds. The Bertz CT molecular complexity index is 466. The molecule has 0 aliphatic heterocycles. The first-order valence-corrected chi connectivity index (χ1v) is 5.32. The zero-order valence-corrected chi connectivity index (χ0v) is 9.14. The van der Waals surface area contributed by atoms with Gasteiger partial charge in [0.2, 0.25) is 0 Å². The van der Waals surface area contributed by atoms with Crippen LogP contribution in [0.1, 0.15) is 12.5 Å². The van der Waals surface area contributed by atoms with E-state index in [1.54, 1.807) is 18.2 Å². The first-order chi connectivity index (χ1) is 7.72. The summed E-state index contributed by atoms with van der Waals surface area (Å²) in [7, 11) is 0. The molecule has 0 bridgehead atoms. The molecule has 0 spiro atoms. The van der Waals surface area contributed by atoms with Crippen molar-refractivity contribution in [3.8, 4) is 22.6 Å². The van der Waals surface area contributed by atoms with Gasteiger partial charge in [-0.1, -0.05) is 37.3 Å². The van der Waals surface area contributed by atoms with Gasteiger partial charge in [0.05, 0.1) is 5.56 Å². The van der Waals surface area contributed by atoms with E-state index in [0.717, 1.165) is 12.0 Å². The van der Waals surface area contributed by atoms with E-state index in [9.17, 15) is 10.2 Å². The highest BCUT2D eigenvalue weighted by Gasteiger charge is 2.08. The first-order valence-electron chi connectivity index (χ1n) is 5.32. The molecule has 82 valence electrons. The molecule has 0 aliphatic rings. The van der Waals surface area contributed by atoms with Crippen LogP contribution in [0.25, 0.3) is 11.1 Å². The van der Waals surface area contributed by atoms with Gasteiger partial charge in [-0.3, -0.25) is 0 Å². The summed E-state index contributed by atoms with van der Waals surface area (Å²) < 4.78 is 0. The summed E-state index contributed by atoms with van der Waals surface area (Å²) in [5, 5.41) is 19.4. The average Bonchev–Trinajstić information content (AvgIpc) is 2.30.